The second-order valence-electron chi connectivity index (χ2n) is 9.01. The lowest BCUT2D eigenvalue weighted by Crippen LogP contribution is -2.57. The Morgan fingerprint density at radius 3 is 1.55 bits per heavy atom. The summed E-state index contributed by atoms with van der Waals surface area (Å²) in [5.41, 5.74) is 0. The number of hydrogen-bond acceptors (Lipinski definition) is 10. The smallest absolute Gasteiger partial charge is 0.175 e. The molecule has 31 heavy (non-hydrogen) atoms. The molecule has 0 aromatic carbocycles. The number of rotatable bonds is 4. The van der Waals surface area contributed by atoms with Crippen molar-refractivity contribution in [1.29, 1.82) is 0 Å². The molecule has 0 bridgehead atoms. The van der Waals surface area contributed by atoms with Gasteiger partial charge in [-0.2, -0.15) is 35.3 Å². The first kappa shape index (κ1) is 23.2. The van der Waals surface area contributed by atoms with Gasteiger partial charge in [0.05, 0.1) is 50.5 Å². The van der Waals surface area contributed by atoms with Crippen molar-refractivity contribution < 1.29 is 34.0 Å². The first-order valence-corrected chi connectivity index (χ1v) is 14.7. The Hall–Kier alpha value is 0.480. The van der Waals surface area contributed by atoms with Crippen molar-refractivity contribution in [2.45, 2.75) is 36.6 Å². The molecular weight excluding hydrogens is 460 g/mol. The van der Waals surface area contributed by atoms with Gasteiger partial charge in [0.15, 0.2) is 11.6 Å². The Kier molecular flexibility index (Phi) is 7.21. The van der Waals surface area contributed by atoms with Crippen molar-refractivity contribution in [2.75, 3.05) is 60.9 Å². The lowest BCUT2D eigenvalue weighted by atomic mass is 9.76. The van der Waals surface area contributed by atoms with E-state index in [0.29, 0.717) is 49.4 Å². The largest absolute Gasteiger partial charge is 0.392 e. The van der Waals surface area contributed by atoms with Crippen molar-refractivity contribution in [1.82, 2.24) is 0 Å². The average molecular weight is 493 g/mol. The summed E-state index contributed by atoms with van der Waals surface area (Å²) < 4.78 is 23.9. The van der Waals surface area contributed by atoms with Crippen LogP contribution in [0, 0.1) is 23.7 Å². The van der Waals surface area contributed by atoms with Crippen LogP contribution in [-0.2, 0) is 23.7 Å². The fourth-order valence-electron chi connectivity index (χ4n) is 5.71. The molecule has 0 radical (unpaired) electrons. The molecule has 0 amide bonds. The number of carbonyl (C=O) groups excluding carboxylic acids is 1. The number of Topliss-reactive ketones (excluding diaryl/α,β-unsaturated/α-hetero) is 1. The van der Waals surface area contributed by atoms with Crippen LogP contribution < -0.4 is 0 Å². The van der Waals surface area contributed by atoms with E-state index in [-0.39, 0.29) is 17.6 Å². The standard InChI is InChI=1S/C21H32O7S3/c22-17-13(18(23)15-11-29-7-1-20(15)25-3-4-26-20)9-31-10-14(17)19(24)16-12-30-8-2-21(16)27-5-6-28-21/h13-16,18-19,23-24H,1-12H2/t13-,14-,15-,16+,18+,19-/m1/s1. The molecule has 5 saturated heterocycles. The molecule has 7 nitrogen and oxygen atoms in total. The monoisotopic (exact) mass is 492 g/mol. The Bertz CT molecular complexity index is 601. The zero-order chi connectivity index (χ0) is 21.5. The van der Waals surface area contributed by atoms with Crippen LogP contribution in [-0.4, -0.2) is 101 Å². The second-order valence-corrected chi connectivity index (χ2v) is 12.4. The van der Waals surface area contributed by atoms with Gasteiger partial charge in [-0.15, -0.1) is 0 Å². The molecule has 0 aromatic rings. The predicted octanol–water partition coefficient (Wildman–Crippen LogP) is 1.25. The van der Waals surface area contributed by atoms with E-state index in [0.717, 1.165) is 24.3 Å². The number of thioether (sulfide) groups is 3. The SMILES string of the molecule is O=C1[C@H]([C@@H](O)[C@@H]2CSCCC23OCCO3)CSC[C@H]1[C@H](O)[C@H]1CSCCC12OCCO2. The number of aliphatic hydroxyl groups is 2. The minimum atomic E-state index is -0.838. The fraction of sp³-hybridized carbons (Fsp3) is 0.952. The predicted molar refractivity (Wildman–Crippen MR) is 121 cm³/mol. The van der Waals surface area contributed by atoms with Gasteiger partial charge >= 0.3 is 0 Å². The topological polar surface area (TPSA) is 94.5 Å². The van der Waals surface area contributed by atoms with E-state index in [1.807, 2.05) is 0 Å². The lowest BCUT2D eigenvalue weighted by Gasteiger charge is -2.46. The molecule has 0 saturated carbocycles. The summed E-state index contributed by atoms with van der Waals surface area (Å²) in [5, 5.41) is 22.7. The summed E-state index contributed by atoms with van der Waals surface area (Å²) in [4.78, 5) is 13.6. The zero-order valence-corrected chi connectivity index (χ0v) is 20.1. The van der Waals surface area contributed by atoms with Crippen molar-refractivity contribution in [3.63, 3.8) is 0 Å². The van der Waals surface area contributed by atoms with E-state index in [9.17, 15) is 15.0 Å². The van der Waals surface area contributed by atoms with Crippen LogP contribution >= 0.6 is 35.3 Å². The van der Waals surface area contributed by atoms with Crippen LogP contribution in [0.25, 0.3) is 0 Å². The molecule has 10 heteroatoms. The minimum Gasteiger partial charge on any atom is -0.392 e. The zero-order valence-electron chi connectivity index (χ0n) is 17.6. The highest BCUT2D eigenvalue weighted by atomic mass is 32.2. The molecule has 0 aliphatic carbocycles. The second kappa shape index (κ2) is 9.62. The summed E-state index contributed by atoms with van der Waals surface area (Å²) in [6, 6.07) is 0. The molecule has 0 aromatic heterocycles. The Balaban J connectivity index is 1.32. The first-order valence-electron chi connectivity index (χ1n) is 11.3. The third-order valence-corrected chi connectivity index (χ3v) is 10.8. The van der Waals surface area contributed by atoms with E-state index < -0.39 is 35.6 Å². The van der Waals surface area contributed by atoms with E-state index in [2.05, 4.69) is 0 Å². The van der Waals surface area contributed by atoms with Gasteiger partial charge in [0.1, 0.15) is 5.78 Å². The van der Waals surface area contributed by atoms with Gasteiger partial charge in [0.25, 0.3) is 0 Å². The summed E-state index contributed by atoms with van der Waals surface area (Å²) in [6.07, 6.45) is -0.212. The maximum atomic E-state index is 13.6. The fourth-order valence-corrected chi connectivity index (χ4v) is 9.67. The van der Waals surface area contributed by atoms with Gasteiger partial charge in [0, 0.05) is 47.7 Å². The lowest BCUT2D eigenvalue weighted by molar-refractivity contribution is -0.221. The van der Waals surface area contributed by atoms with Gasteiger partial charge in [-0.3, -0.25) is 4.79 Å². The van der Waals surface area contributed by atoms with Crippen LogP contribution in [0.2, 0.25) is 0 Å². The molecule has 0 unspecified atom stereocenters. The van der Waals surface area contributed by atoms with Crippen molar-refractivity contribution in [3.05, 3.63) is 0 Å². The number of ketones is 1. The van der Waals surface area contributed by atoms with Gasteiger partial charge in [-0.05, 0) is 11.5 Å². The summed E-state index contributed by atoms with van der Waals surface area (Å²) in [6.45, 7) is 2.13. The molecule has 2 spiro atoms. The highest BCUT2D eigenvalue weighted by molar-refractivity contribution is 7.99. The molecule has 6 atom stereocenters. The molecule has 5 fully saturated rings. The first-order chi connectivity index (χ1) is 15.1. The van der Waals surface area contributed by atoms with E-state index in [1.54, 1.807) is 35.3 Å². The van der Waals surface area contributed by atoms with Crippen LogP contribution in [0.5, 0.6) is 0 Å². The molecule has 5 heterocycles. The highest BCUT2D eigenvalue weighted by Crippen LogP contribution is 2.46. The van der Waals surface area contributed by atoms with Crippen molar-refractivity contribution in [3.8, 4) is 0 Å². The Labute approximate surface area is 196 Å². The normalized spacial score (nSPS) is 39.7. The summed E-state index contributed by atoms with van der Waals surface area (Å²) in [7, 11) is 0. The minimum absolute atomic E-state index is 0.0359. The molecule has 5 rings (SSSR count). The quantitative estimate of drug-likeness (QED) is 0.597. The van der Waals surface area contributed by atoms with Crippen LogP contribution in [0.1, 0.15) is 12.8 Å². The molecule has 176 valence electrons. The third kappa shape index (κ3) is 4.23. The van der Waals surface area contributed by atoms with Crippen molar-refractivity contribution >= 4 is 41.1 Å². The van der Waals surface area contributed by atoms with Gasteiger partial charge < -0.3 is 29.2 Å². The Morgan fingerprint density at radius 1 is 0.710 bits per heavy atom. The third-order valence-electron chi connectivity index (χ3n) is 7.44. The molecule has 2 N–H and O–H groups in total. The van der Waals surface area contributed by atoms with Gasteiger partial charge in [0.2, 0.25) is 0 Å². The maximum Gasteiger partial charge on any atom is 0.175 e. The highest BCUT2D eigenvalue weighted by Gasteiger charge is 2.56. The Morgan fingerprint density at radius 2 is 1.13 bits per heavy atom. The van der Waals surface area contributed by atoms with Crippen LogP contribution in [0.3, 0.4) is 0 Å². The number of aliphatic hydroxyl groups excluding tert-OH is 2. The number of ether oxygens (including phenoxy) is 4. The molecular formula is C21H32O7S3. The van der Waals surface area contributed by atoms with Gasteiger partial charge in [-0.25, -0.2) is 0 Å². The number of carbonyl (C=O) groups is 1. The maximum absolute atomic E-state index is 13.6. The average Bonchev–Trinajstić information content (AvgIpc) is 3.44. The molecule has 5 aliphatic heterocycles. The van der Waals surface area contributed by atoms with Crippen LogP contribution in [0.15, 0.2) is 0 Å². The van der Waals surface area contributed by atoms with Crippen LogP contribution in [0.4, 0.5) is 0 Å². The van der Waals surface area contributed by atoms with E-state index in [1.165, 1.54) is 0 Å². The van der Waals surface area contributed by atoms with E-state index in [4.69, 9.17) is 18.9 Å². The number of hydrogen-bond donors (Lipinski definition) is 2. The van der Waals surface area contributed by atoms with Crippen molar-refractivity contribution in [2.24, 2.45) is 23.7 Å². The summed E-state index contributed by atoms with van der Waals surface area (Å²) in [5.74, 6) is 1.33. The molecule has 5 aliphatic rings. The summed E-state index contributed by atoms with van der Waals surface area (Å²) >= 11 is 5.20. The van der Waals surface area contributed by atoms with E-state index >= 15 is 0 Å². The van der Waals surface area contributed by atoms with Gasteiger partial charge in [-0.1, -0.05) is 0 Å².